The number of carbonyl (C=O) groups excluding carboxylic acids is 1. The first-order chi connectivity index (χ1) is 12.0. The fourth-order valence-electron chi connectivity index (χ4n) is 2.05. The smallest absolute Gasteiger partial charge is 0.328 e. The first-order valence-electron chi connectivity index (χ1n) is 7.22. The Hall–Kier alpha value is -2.10. The number of alkyl halides is 3. The van der Waals surface area contributed by atoms with Crippen molar-refractivity contribution < 1.29 is 26.4 Å². The number of hydrogen-bond acceptors (Lipinski definition) is 3. The molecule has 0 aromatic heterocycles. The van der Waals surface area contributed by atoms with Gasteiger partial charge >= 0.3 is 6.18 Å². The average Bonchev–Trinajstić information content (AvgIpc) is 2.54. The predicted molar refractivity (Wildman–Crippen MR) is 90.3 cm³/mol. The quantitative estimate of drug-likeness (QED) is 0.748. The molecule has 0 fully saturated rings. The summed E-state index contributed by atoms with van der Waals surface area (Å²) in [6.45, 7) is 1.55. The van der Waals surface area contributed by atoms with E-state index in [1.165, 1.54) is 29.0 Å². The van der Waals surface area contributed by atoms with Gasteiger partial charge in [0, 0.05) is 10.6 Å². The van der Waals surface area contributed by atoms with Crippen LogP contribution in [0.15, 0.2) is 53.4 Å². The van der Waals surface area contributed by atoms with Crippen LogP contribution < -0.4 is 10.0 Å². The normalized spacial score (nSPS) is 13.3. The molecule has 0 spiro atoms. The van der Waals surface area contributed by atoms with Crippen molar-refractivity contribution in [3.63, 3.8) is 0 Å². The van der Waals surface area contributed by atoms with E-state index in [2.05, 4.69) is 0 Å². The summed E-state index contributed by atoms with van der Waals surface area (Å²) in [6, 6.07) is 10.6. The summed E-state index contributed by atoms with van der Waals surface area (Å²) in [5, 5.41) is 1.90. The highest BCUT2D eigenvalue weighted by Gasteiger charge is 2.43. The SMILES string of the molecule is Cc1ccccc1C(=O)NC(NS(=O)(=O)c1ccc(Cl)cc1)C(F)(F)F. The van der Waals surface area contributed by atoms with E-state index in [0.29, 0.717) is 5.56 Å². The highest BCUT2D eigenvalue weighted by atomic mass is 35.5. The van der Waals surface area contributed by atoms with Gasteiger partial charge in [-0.2, -0.15) is 17.9 Å². The summed E-state index contributed by atoms with van der Waals surface area (Å²) in [6.07, 6.45) is -7.84. The molecule has 0 bridgehead atoms. The highest BCUT2D eigenvalue weighted by Crippen LogP contribution is 2.22. The first-order valence-corrected chi connectivity index (χ1v) is 9.08. The molecule has 0 heterocycles. The number of rotatable bonds is 5. The van der Waals surface area contributed by atoms with Gasteiger partial charge in [0.15, 0.2) is 6.17 Å². The van der Waals surface area contributed by atoms with E-state index in [4.69, 9.17) is 11.6 Å². The van der Waals surface area contributed by atoms with Crippen molar-refractivity contribution in [1.82, 2.24) is 10.0 Å². The summed E-state index contributed by atoms with van der Waals surface area (Å²) in [5.74, 6) is -1.05. The van der Waals surface area contributed by atoms with Gasteiger partial charge in [0.25, 0.3) is 5.91 Å². The monoisotopic (exact) mass is 406 g/mol. The van der Waals surface area contributed by atoms with E-state index >= 15 is 0 Å². The van der Waals surface area contributed by atoms with Gasteiger partial charge in [0.1, 0.15) is 0 Å². The topological polar surface area (TPSA) is 75.3 Å². The molecule has 0 aliphatic heterocycles. The Balaban J connectivity index is 2.27. The van der Waals surface area contributed by atoms with Crippen LogP contribution in [0.3, 0.4) is 0 Å². The lowest BCUT2D eigenvalue weighted by atomic mass is 10.1. The average molecular weight is 407 g/mol. The molecule has 0 saturated heterocycles. The molecule has 2 aromatic carbocycles. The van der Waals surface area contributed by atoms with Gasteiger partial charge in [-0.05, 0) is 42.8 Å². The molecule has 0 aliphatic rings. The summed E-state index contributed by atoms with van der Waals surface area (Å²) < 4.78 is 65.6. The second kappa shape index (κ2) is 7.65. The zero-order valence-electron chi connectivity index (χ0n) is 13.3. The molecule has 0 radical (unpaired) electrons. The van der Waals surface area contributed by atoms with Crippen LogP contribution in [-0.4, -0.2) is 26.7 Å². The molecule has 140 valence electrons. The first kappa shape index (κ1) is 20.2. The molecule has 2 aromatic rings. The molecule has 26 heavy (non-hydrogen) atoms. The lowest BCUT2D eigenvalue weighted by Crippen LogP contribution is -2.56. The number of aryl methyl sites for hydroxylation is 1. The molecular weight excluding hydrogens is 393 g/mol. The van der Waals surface area contributed by atoms with Crippen LogP contribution in [0.25, 0.3) is 0 Å². The van der Waals surface area contributed by atoms with Crippen molar-refractivity contribution in [3.05, 3.63) is 64.7 Å². The standard InChI is InChI=1S/C16H14ClF3N2O3S/c1-10-4-2-3-5-13(10)14(23)21-15(16(18,19)20)22-26(24,25)12-8-6-11(17)7-9-12/h2-9,15,22H,1H3,(H,21,23). The van der Waals surface area contributed by atoms with Crippen LogP contribution in [0.2, 0.25) is 5.02 Å². The van der Waals surface area contributed by atoms with Crippen LogP contribution in [0.1, 0.15) is 15.9 Å². The zero-order chi connectivity index (χ0) is 19.5. The van der Waals surface area contributed by atoms with Gasteiger partial charge in [0.05, 0.1) is 4.90 Å². The number of benzene rings is 2. The largest absolute Gasteiger partial charge is 0.423 e. The van der Waals surface area contributed by atoms with E-state index < -0.39 is 33.2 Å². The van der Waals surface area contributed by atoms with E-state index in [-0.39, 0.29) is 10.6 Å². The third kappa shape index (κ3) is 4.96. The summed E-state index contributed by atoms with van der Waals surface area (Å²) in [7, 11) is -4.54. The van der Waals surface area contributed by atoms with Crippen molar-refractivity contribution in [2.24, 2.45) is 0 Å². The van der Waals surface area contributed by atoms with Crippen LogP contribution in [0.4, 0.5) is 13.2 Å². The number of halogens is 4. The molecule has 0 aliphatic carbocycles. The maximum Gasteiger partial charge on any atom is 0.423 e. The Morgan fingerprint density at radius 2 is 1.65 bits per heavy atom. The van der Waals surface area contributed by atoms with Crippen LogP contribution in [0.5, 0.6) is 0 Å². The van der Waals surface area contributed by atoms with Gasteiger partial charge in [-0.15, -0.1) is 0 Å². The highest BCUT2D eigenvalue weighted by molar-refractivity contribution is 7.89. The molecule has 10 heteroatoms. The number of carbonyl (C=O) groups is 1. The Labute approximate surface area is 153 Å². The number of amides is 1. The minimum absolute atomic E-state index is 0.00689. The Kier molecular flexibility index (Phi) is 5.94. The van der Waals surface area contributed by atoms with Gasteiger partial charge in [0.2, 0.25) is 10.0 Å². The summed E-state index contributed by atoms with van der Waals surface area (Å²) >= 11 is 5.64. The summed E-state index contributed by atoms with van der Waals surface area (Å²) in [4.78, 5) is 11.7. The van der Waals surface area contributed by atoms with Gasteiger partial charge in [-0.25, -0.2) is 8.42 Å². The molecule has 5 nitrogen and oxygen atoms in total. The van der Waals surface area contributed by atoms with E-state index in [0.717, 1.165) is 12.1 Å². The molecule has 0 saturated carbocycles. The predicted octanol–water partition coefficient (Wildman–Crippen LogP) is 3.25. The third-order valence-corrected chi connectivity index (χ3v) is 5.08. The van der Waals surface area contributed by atoms with E-state index in [1.807, 2.05) is 0 Å². The van der Waals surface area contributed by atoms with Crippen molar-refractivity contribution in [2.75, 3.05) is 0 Å². The minimum atomic E-state index is -5.04. The molecule has 2 rings (SSSR count). The number of sulfonamides is 1. The summed E-state index contributed by atoms with van der Waals surface area (Å²) in [5.41, 5.74) is 0.457. The van der Waals surface area contributed by atoms with Crippen LogP contribution in [-0.2, 0) is 10.0 Å². The zero-order valence-corrected chi connectivity index (χ0v) is 14.9. The molecule has 2 N–H and O–H groups in total. The third-order valence-electron chi connectivity index (χ3n) is 3.39. The van der Waals surface area contributed by atoms with Gasteiger partial charge in [-0.3, -0.25) is 4.79 Å². The Morgan fingerprint density at radius 3 is 2.19 bits per heavy atom. The number of hydrogen-bond donors (Lipinski definition) is 2. The second-order valence-corrected chi connectivity index (χ2v) is 7.49. The maximum absolute atomic E-state index is 13.2. The molecule has 1 atom stereocenters. The van der Waals surface area contributed by atoms with E-state index in [1.54, 1.807) is 24.4 Å². The molecular formula is C16H14ClF3N2O3S. The lowest BCUT2D eigenvalue weighted by Gasteiger charge is -2.23. The van der Waals surface area contributed by atoms with Gasteiger partial charge in [-0.1, -0.05) is 29.8 Å². The molecule has 1 amide bonds. The van der Waals surface area contributed by atoms with Crippen LogP contribution >= 0.6 is 11.6 Å². The fraction of sp³-hybridized carbons (Fsp3) is 0.188. The van der Waals surface area contributed by atoms with E-state index in [9.17, 15) is 26.4 Å². The number of nitrogens with one attached hydrogen (secondary N) is 2. The minimum Gasteiger partial charge on any atom is -0.328 e. The van der Waals surface area contributed by atoms with Crippen LogP contribution in [0, 0.1) is 6.92 Å². The lowest BCUT2D eigenvalue weighted by molar-refractivity contribution is -0.155. The van der Waals surface area contributed by atoms with Gasteiger partial charge < -0.3 is 5.32 Å². The Bertz CT molecular complexity index is 900. The fourth-order valence-corrected chi connectivity index (χ4v) is 3.31. The van der Waals surface area contributed by atoms with Crippen molar-refractivity contribution in [1.29, 1.82) is 0 Å². The van der Waals surface area contributed by atoms with Crippen molar-refractivity contribution in [3.8, 4) is 0 Å². The van der Waals surface area contributed by atoms with Crippen molar-refractivity contribution in [2.45, 2.75) is 24.2 Å². The maximum atomic E-state index is 13.2. The Morgan fingerprint density at radius 1 is 1.08 bits per heavy atom. The molecule has 1 unspecified atom stereocenters. The van der Waals surface area contributed by atoms with Crippen molar-refractivity contribution >= 4 is 27.5 Å². The second-order valence-electron chi connectivity index (χ2n) is 5.34.